The second-order valence-electron chi connectivity index (χ2n) is 4.44. The highest BCUT2D eigenvalue weighted by Crippen LogP contribution is 2.21. The number of carbonyl (C=O) groups is 1. The highest BCUT2D eigenvalue weighted by atomic mass is 16.5. The summed E-state index contributed by atoms with van der Waals surface area (Å²) in [6, 6.07) is 12.8. The van der Waals surface area contributed by atoms with Gasteiger partial charge < -0.3 is 4.74 Å². The van der Waals surface area contributed by atoms with Crippen LogP contribution >= 0.6 is 0 Å². The second-order valence-corrected chi connectivity index (χ2v) is 4.44. The van der Waals surface area contributed by atoms with Crippen LogP contribution in [0.5, 0.6) is 5.75 Å². The van der Waals surface area contributed by atoms with Crippen LogP contribution in [0, 0.1) is 20.8 Å². The van der Waals surface area contributed by atoms with E-state index < -0.39 is 0 Å². The van der Waals surface area contributed by atoms with Crippen LogP contribution in [0.2, 0.25) is 0 Å². The van der Waals surface area contributed by atoms with E-state index in [2.05, 4.69) is 6.92 Å². The average molecular weight is 240 g/mol. The summed E-state index contributed by atoms with van der Waals surface area (Å²) < 4.78 is 5.38. The smallest absolute Gasteiger partial charge is 0.343 e. The number of benzene rings is 2. The van der Waals surface area contributed by atoms with E-state index >= 15 is 0 Å². The first-order chi connectivity index (χ1) is 8.58. The van der Waals surface area contributed by atoms with E-state index in [1.807, 2.05) is 44.2 Å². The molecule has 2 aromatic carbocycles. The Balaban J connectivity index is 2.23. The highest BCUT2D eigenvalue weighted by Gasteiger charge is 2.09. The van der Waals surface area contributed by atoms with Crippen molar-refractivity contribution in [2.45, 2.75) is 20.8 Å². The van der Waals surface area contributed by atoms with Gasteiger partial charge in [0.05, 0.1) is 5.56 Å². The summed E-state index contributed by atoms with van der Waals surface area (Å²) in [6.45, 7) is 6.10. The molecular weight excluding hydrogens is 224 g/mol. The van der Waals surface area contributed by atoms with Crippen LogP contribution in [0.15, 0.2) is 42.5 Å². The van der Waals surface area contributed by atoms with E-state index in [4.69, 9.17) is 4.74 Å². The lowest BCUT2D eigenvalue weighted by molar-refractivity contribution is 0.0734. The lowest BCUT2D eigenvalue weighted by Gasteiger charge is -2.09. The Bertz CT molecular complexity index is 548. The summed E-state index contributed by atoms with van der Waals surface area (Å²) in [7, 11) is 0. The second kappa shape index (κ2) is 5.05. The minimum atomic E-state index is -0.321. The molecule has 2 nitrogen and oxygen atoms in total. The molecule has 0 bridgehead atoms. The molecule has 92 valence electrons. The Kier molecular flexibility index (Phi) is 3.47. The van der Waals surface area contributed by atoms with Crippen molar-refractivity contribution < 1.29 is 9.53 Å². The molecule has 0 saturated heterocycles. The van der Waals surface area contributed by atoms with Crippen molar-refractivity contribution in [3.8, 4) is 5.75 Å². The molecule has 2 heteroatoms. The zero-order chi connectivity index (χ0) is 13.1. The summed E-state index contributed by atoms with van der Waals surface area (Å²) in [5.74, 6) is 0.280. The van der Waals surface area contributed by atoms with Crippen LogP contribution in [0.1, 0.15) is 27.0 Å². The van der Waals surface area contributed by atoms with Crippen molar-refractivity contribution in [3.05, 3.63) is 64.7 Å². The predicted molar refractivity (Wildman–Crippen MR) is 72.1 cm³/mol. The van der Waals surface area contributed by atoms with Crippen molar-refractivity contribution >= 4 is 5.97 Å². The van der Waals surface area contributed by atoms with Gasteiger partial charge >= 0.3 is 5.97 Å². The summed E-state index contributed by atoms with van der Waals surface area (Å²) in [6.07, 6.45) is 0. The maximum absolute atomic E-state index is 11.9. The van der Waals surface area contributed by atoms with E-state index in [0.717, 1.165) is 11.1 Å². The van der Waals surface area contributed by atoms with Gasteiger partial charge in [-0.05, 0) is 61.7 Å². The third-order valence-corrected chi connectivity index (χ3v) is 3.12. The Hall–Kier alpha value is -2.09. The minimum absolute atomic E-state index is 0.321. The SMILES string of the molecule is Cc1cc(OC(=O)c2ccccc2)cc(C)c1C. The van der Waals surface area contributed by atoms with Gasteiger partial charge in [-0.3, -0.25) is 0 Å². The van der Waals surface area contributed by atoms with Crippen LogP contribution in [-0.2, 0) is 0 Å². The molecule has 0 amide bonds. The summed E-state index contributed by atoms with van der Waals surface area (Å²) in [5.41, 5.74) is 4.06. The number of aryl methyl sites for hydroxylation is 2. The van der Waals surface area contributed by atoms with Crippen molar-refractivity contribution in [2.75, 3.05) is 0 Å². The fourth-order valence-corrected chi connectivity index (χ4v) is 1.80. The van der Waals surface area contributed by atoms with E-state index in [1.54, 1.807) is 12.1 Å². The molecule has 0 unspecified atom stereocenters. The van der Waals surface area contributed by atoms with E-state index in [-0.39, 0.29) is 5.97 Å². The Labute approximate surface area is 107 Å². The standard InChI is InChI=1S/C16H16O2/c1-11-9-15(10-12(2)13(11)3)18-16(17)14-7-5-4-6-8-14/h4-10H,1-3H3. The van der Waals surface area contributed by atoms with E-state index in [1.165, 1.54) is 5.56 Å². The lowest BCUT2D eigenvalue weighted by atomic mass is 10.0. The normalized spacial score (nSPS) is 10.2. The van der Waals surface area contributed by atoms with Gasteiger partial charge in [0.25, 0.3) is 0 Å². The van der Waals surface area contributed by atoms with Crippen LogP contribution in [0.4, 0.5) is 0 Å². The largest absolute Gasteiger partial charge is 0.423 e. The molecule has 0 N–H and O–H groups in total. The molecule has 0 aliphatic carbocycles. The number of rotatable bonds is 2. The molecule has 0 aliphatic rings. The van der Waals surface area contributed by atoms with Crippen LogP contribution < -0.4 is 4.74 Å². The zero-order valence-corrected chi connectivity index (χ0v) is 10.9. The Morgan fingerprint density at radius 1 is 0.944 bits per heavy atom. The van der Waals surface area contributed by atoms with Crippen LogP contribution in [0.3, 0.4) is 0 Å². The van der Waals surface area contributed by atoms with Gasteiger partial charge in [0, 0.05) is 0 Å². The molecular formula is C16H16O2. The molecule has 2 rings (SSSR count). The fourth-order valence-electron chi connectivity index (χ4n) is 1.80. The molecule has 18 heavy (non-hydrogen) atoms. The van der Waals surface area contributed by atoms with Gasteiger partial charge in [-0.25, -0.2) is 4.79 Å². The van der Waals surface area contributed by atoms with Crippen LogP contribution in [-0.4, -0.2) is 5.97 Å². The number of ether oxygens (including phenoxy) is 1. The third kappa shape index (κ3) is 2.59. The number of hydrogen-bond donors (Lipinski definition) is 0. The quantitative estimate of drug-likeness (QED) is 0.589. The number of hydrogen-bond acceptors (Lipinski definition) is 2. The Morgan fingerprint density at radius 2 is 1.50 bits per heavy atom. The average Bonchev–Trinajstić information content (AvgIpc) is 2.37. The zero-order valence-electron chi connectivity index (χ0n) is 10.9. The van der Waals surface area contributed by atoms with E-state index in [0.29, 0.717) is 11.3 Å². The summed E-state index contributed by atoms with van der Waals surface area (Å²) >= 11 is 0. The molecule has 0 atom stereocenters. The molecule has 0 heterocycles. The first kappa shape index (κ1) is 12.4. The monoisotopic (exact) mass is 240 g/mol. The molecule has 0 fully saturated rings. The fraction of sp³-hybridized carbons (Fsp3) is 0.188. The van der Waals surface area contributed by atoms with Crippen LogP contribution in [0.25, 0.3) is 0 Å². The molecule has 0 aromatic heterocycles. The first-order valence-corrected chi connectivity index (χ1v) is 5.93. The molecule has 0 saturated carbocycles. The maximum atomic E-state index is 11.9. The van der Waals surface area contributed by atoms with Gasteiger partial charge in [0.1, 0.15) is 5.75 Å². The molecule has 0 aliphatic heterocycles. The molecule has 0 radical (unpaired) electrons. The number of esters is 1. The van der Waals surface area contributed by atoms with Gasteiger partial charge in [0.15, 0.2) is 0 Å². The molecule has 2 aromatic rings. The van der Waals surface area contributed by atoms with Gasteiger partial charge in [-0.15, -0.1) is 0 Å². The van der Waals surface area contributed by atoms with Crippen molar-refractivity contribution in [3.63, 3.8) is 0 Å². The minimum Gasteiger partial charge on any atom is -0.423 e. The highest BCUT2D eigenvalue weighted by molar-refractivity contribution is 5.91. The van der Waals surface area contributed by atoms with Gasteiger partial charge in [-0.2, -0.15) is 0 Å². The Morgan fingerprint density at radius 3 is 2.06 bits per heavy atom. The van der Waals surface area contributed by atoms with Crippen molar-refractivity contribution in [1.82, 2.24) is 0 Å². The summed E-state index contributed by atoms with van der Waals surface area (Å²) in [5, 5.41) is 0. The lowest BCUT2D eigenvalue weighted by Crippen LogP contribution is -2.08. The third-order valence-electron chi connectivity index (χ3n) is 3.12. The maximum Gasteiger partial charge on any atom is 0.343 e. The van der Waals surface area contributed by atoms with Gasteiger partial charge in [-0.1, -0.05) is 18.2 Å². The van der Waals surface area contributed by atoms with Gasteiger partial charge in [0.2, 0.25) is 0 Å². The first-order valence-electron chi connectivity index (χ1n) is 5.93. The summed E-state index contributed by atoms with van der Waals surface area (Å²) in [4.78, 5) is 11.9. The van der Waals surface area contributed by atoms with E-state index in [9.17, 15) is 4.79 Å². The predicted octanol–water partition coefficient (Wildman–Crippen LogP) is 3.83. The van der Waals surface area contributed by atoms with Crippen molar-refractivity contribution in [2.24, 2.45) is 0 Å². The van der Waals surface area contributed by atoms with Crippen molar-refractivity contribution in [1.29, 1.82) is 0 Å². The molecule has 0 spiro atoms. The topological polar surface area (TPSA) is 26.3 Å². The number of carbonyl (C=O) groups excluding carboxylic acids is 1.